The number of hydrogen-bond donors (Lipinski definition) is 1. The molecule has 0 amide bonds. The van der Waals surface area contributed by atoms with Crippen molar-refractivity contribution in [3.8, 4) is 0 Å². The summed E-state index contributed by atoms with van der Waals surface area (Å²) in [7, 11) is 0.427. The molecule has 30 heavy (non-hydrogen) atoms. The van der Waals surface area contributed by atoms with Gasteiger partial charge >= 0.3 is 0 Å². The Hall–Kier alpha value is -1.65. The van der Waals surface area contributed by atoms with Crippen LogP contribution in [-0.2, 0) is 16.6 Å². The van der Waals surface area contributed by atoms with Gasteiger partial charge in [-0.15, -0.1) is 24.0 Å². The summed E-state index contributed by atoms with van der Waals surface area (Å²) in [5, 5.41) is 3.45. The van der Waals surface area contributed by atoms with Crippen molar-refractivity contribution in [3.63, 3.8) is 0 Å². The Morgan fingerprint density at radius 2 is 1.63 bits per heavy atom. The maximum absolute atomic E-state index is 12.8. The van der Waals surface area contributed by atoms with Crippen LogP contribution in [0.3, 0.4) is 0 Å². The maximum atomic E-state index is 12.8. The Bertz CT molecular complexity index is 899. The van der Waals surface area contributed by atoms with E-state index in [1.165, 1.54) is 5.56 Å². The lowest BCUT2D eigenvalue weighted by Gasteiger charge is -2.32. The van der Waals surface area contributed by atoms with Crippen LogP contribution in [0, 0.1) is 5.92 Å². The summed E-state index contributed by atoms with van der Waals surface area (Å²) in [5.74, 6) is 1.28. The van der Waals surface area contributed by atoms with E-state index in [0.29, 0.717) is 23.9 Å². The van der Waals surface area contributed by atoms with E-state index in [9.17, 15) is 8.42 Å². The van der Waals surface area contributed by atoms with Crippen LogP contribution in [0.25, 0.3) is 0 Å². The highest BCUT2D eigenvalue weighted by atomic mass is 127. The fourth-order valence-electron chi connectivity index (χ4n) is 3.65. The number of halogens is 1. The standard InChI is InChI=1S/C22H30N4O2S.HI/c1-23-22(25(2)18-20-9-5-3-6-10-20)24-17-19-13-15-26(16-14-19)29(27,28)21-11-7-4-8-12-21;/h3-12,19H,13-18H2,1-2H3,(H,23,24);1H. The van der Waals surface area contributed by atoms with Gasteiger partial charge in [0.05, 0.1) is 4.90 Å². The normalized spacial score (nSPS) is 16.0. The third kappa shape index (κ3) is 6.42. The SMILES string of the molecule is CN=C(NCC1CCN(S(=O)(=O)c2ccccc2)CC1)N(C)Cc1ccccc1.I. The van der Waals surface area contributed by atoms with E-state index < -0.39 is 10.0 Å². The molecule has 3 rings (SSSR count). The van der Waals surface area contributed by atoms with Crippen molar-refractivity contribution in [1.82, 2.24) is 14.5 Å². The molecule has 1 heterocycles. The minimum absolute atomic E-state index is 0. The predicted molar refractivity (Wildman–Crippen MR) is 133 cm³/mol. The van der Waals surface area contributed by atoms with Crippen LogP contribution in [0.1, 0.15) is 18.4 Å². The van der Waals surface area contributed by atoms with Gasteiger partial charge in [0.1, 0.15) is 0 Å². The quantitative estimate of drug-likeness (QED) is 0.345. The summed E-state index contributed by atoms with van der Waals surface area (Å²) >= 11 is 0. The highest BCUT2D eigenvalue weighted by Crippen LogP contribution is 2.23. The van der Waals surface area contributed by atoms with E-state index >= 15 is 0 Å². The molecule has 1 fully saturated rings. The summed E-state index contributed by atoms with van der Waals surface area (Å²) in [6, 6.07) is 19.0. The molecule has 1 N–H and O–H groups in total. The minimum Gasteiger partial charge on any atom is -0.356 e. The van der Waals surface area contributed by atoms with E-state index in [2.05, 4.69) is 27.3 Å². The first-order valence-electron chi connectivity index (χ1n) is 10.0. The largest absolute Gasteiger partial charge is 0.356 e. The van der Waals surface area contributed by atoms with Crippen LogP contribution in [0.15, 0.2) is 70.6 Å². The molecule has 0 aliphatic carbocycles. The third-order valence-corrected chi connectivity index (χ3v) is 7.25. The van der Waals surface area contributed by atoms with Crippen LogP contribution in [-0.4, -0.2) is 57.3 Å². The summed E-state index contributed by atoms with van der Waals surface area (Å²) < 4.78 is 27.1. The Morgan fingerprint density at radius 3 is 2.20 bits per heavy atom. The Kier molecular flexibility index (Phi) is 9.57. The molecule has 6 nitrogen and oxygen atoms in total. The second kappa shape index (κ2) is 11.7. The van der Waals surface area contributed by atoms with Crippen LogP contribution in [0.5, 0.6) is 0 Å². The number of piperidine rings is 1. The van der Waals surface area contributed by atoms with Gasteiger partial charge in [-0.1, -0.05) is 48.5 Å². The molecule has 8 heteroatoms. The summed E-state index contributed by atoms with van der Waals surface area (Å²) in [6.07, 6.45) is 1.69. The van der Waals surface area contributed by atoms with Crippen molar-refractivity contribution in [2.45, 2.75) is 24.3 Å². The fraction of sp³-hybridized carbons (Fsp3) is 0.409. The number of nitrogens with one attached hydrogen (secondary N) is 1. The average Bonchev–Trinajstić information content (AvgIpc) is 2.76. The number of benzene rings is 2. The molecule has 164 valence electrons. The van der Waals surface area contributed by atoms with E-state index in [0.717, 1.165) is 31.9 Å². The van der Waals surface area contributed by atoms with Gasteiger partial charge in [-0.3, -0.25) is 4.99 Å². The molecule has 0 radical (unpaired) electrons. The molecular formula is C22H31IN4O2S. The Morgan fingerprint density at radius 1 is 1.07 bits per heavy atom. The van der Waals surface area contributed by atoms with Crippen molar-refractivity contribution < 1.29 is 8.42 Å². The van der Waals surface area contributed by atoms with Crippen LogP contribution >= 0.6 is 24.0 Å². The summed E-state index contributed by atoms with van der Waals surface area (Å²) in [6.45, 7) is 2.70. The average molecular weight is 542 g/mol. The Labute approximate surface area is 197 Å². The second-order valence-corrected chi connectivity index (χ2v) is 9.37. The van der Waals surface area contributed by atoms with E-state index in [1.807, 2.05) is 31.3 Å². The lowest BCUT2D eigenvalue weighted by atomic mass is 9.98. The van der Waals surface area contributed by atoms with Gasteiger partial charge in [0, 0.05) is 40.3 Å². The molecule has 0 saturated carbocycles. The van der Waals surface area contributed by atoms with Crippen molar-refractivity contribution in [1.29, 1.82) is 0 Å². The van der Waals surface area contributed by atoms with Gasteiger partial charge < -0.3 is 10.2 Å². The second-order valence-electron chi connectivity index (χ2n) is 7.43. The highest BCUT2D eigenvalue weighted by molar-refractivity contribution is 14.0. The molecule has 2 aromatic carbocycles. The van der Waals surface area contributed by atoms with Gasteiger partial charge in [0.15, 0.2) is 5.96 Å². The van der Waals surface area contributed by atoms with Crippen molar-refractivity contribution in [2.24, 2.45) is 10.9 Å². The van der Waals surface area contributed by atoms with Gasteiger partial charge in [-0.25, -0.2) is 8.42 Å². The zero-order valence-electron chi connectivity index (χ0n) is 17.6. The predicted octanol–water partition coefficient (Wildman–Crippen LogP) is 3.41. The summed E-state index contributed by atoms with van der Waals surface area (Å²) in [5.41, 5.74) is 1.23. The molecule has 1 saturated heterocycles. The molecule has 0 bridgehead atoms. The first kappa shape index (κ1) is 24.6. The number of hydrogen-bond acceptors (Lipinski definition) is 3. The van der Waals surface area contributed by atoms with Crippen LogP contribution in [0.4, 0.5) is 0 Å². The van der Waals surface area contributed by atoms with E-state index in [-0.39, 0.29) is 24.0 Å². The molecule has 0 atom stereocenters. The lowest BCUT2D eigenvalue weighted by molar-refractivity contribution is 0.272. The third-order valence-electron chi connectivity index (χ3n) is 5.34. The molecule has 0 aromatic heterocycles. The first-order valence-corrected chi connectivity index (χ1v) is 11.5. The highest BCUT2D eigenvalue weighted by Gasteiger charge is 2.29. The molecule has 2 aromatic rings. The van der Waals surface area contributed by atoms with Gasteiger partial charge in [0.2, 0.25) is 10.0 Å². The van der Waals surface area contributed by atoms with Crippen LogP contribution < -0.4 is 5.32 Å². The van der Waals surface area contributed by atoms with Gasteiger partial charge in [-0.05, 0) is 36.5 Å². The van der Waals surface area contributed by atoms with Crippen LogP contribution in [0.2, 0.25) is 0 Å². The monoisotopic (exact) mass is 542 g/mol. The van der Waals surface area contributed by atoms with E-state index in [1.54, 1.807) is 35.6 Å². The molecule has 1 aliphatic rings. The number of sulfonamides is 1. The number of aliphatic imine (C=N–C) groups is 1. The summed E-state index contributed by atoms with van der Waals surface area (Å²) in [4.78, 5) is 6.86. The zero-order valence-corrected chi connectivity index (χ0v) is 20.7. The smallest absolute Gasteiger partial charge is 0.243 e. The van der Waals surface area contributed by atoms with Crippen molar-refractivity contribution >= 4 is 40.0 Å². The molecular weight excluding hydrogens is 511 g/mol. The molecule has 0 spiro atoms. The number of guanidine groups is 1. The maximum Gasteiger partial charge on any atom is 0.243 e. The zero-order chi connectivity index (χ0) is 20.7. The Balaban J connectivity index is 0.00000320. The topological polar surface area (TPSA) is 65.0 Å². The van der Waals surface area contributed by atoms with Crippen molar-refractivity contribution in [2.75, 3.05) is 33.7 Å². The number of nitrogens with zero attached hydrogens (tertiary/aromatic N) is 3. The van der Waals surface area contributed by atoms with E-state index in [4.69, 9.17) is 0 Å². The molecule has 1 aliphatic heterocycles. The van der Waals surface area contributed by atoms with Crippen molar-refractivity contribution in [3.05, 3.63) is 66.2 Å². The fourth-order valence-corrected chi connectivity index (χ4v) is 5.14. The van der Waals surface area contributed by atoms with Gasteiger partial charge in [0.25, 0.3) is 0 Å². The minimum atomic E-state index is -3.39. The van der Waals surface area contributed by atoms with Gasteiger partial charge in [-0.2, -0.15) is 4.31 Å². The molecule has 0 unspecified atom stereocenters. The lowest BCUT2D eigenvalue weighted by Crippen LogP contribution is -2.44. The first-order chi connectivity index (χ1) is 14.0. The number of rotatable bonds is 6.